The number of nitrogens with zero attached hydrogens (tertiary/aromatic N) is 5. The monoisotopic (exact) mass is 337 g/mol. The van der Waals surface area contributed by atoms with Crippen molar-refractivity contribution in [2.24, 2.45) is 7.05 Å². The van der Waals surface area contributed by atoms with Gasteiger partial charge in [-0.05, 0) is 24.1 Å². The number of aryl methyl sites for hydroxylation is 1. The van der Waals surface area contributed by atoms with Crippen molar-refractivity contribution in [1.82, 2.24) is 19.6 Å². The van der Waals surface area contributed by atoms with E-state index in [0.717, 1.165) is 44.7 Å². The molecule has 1 aliphatic heterocycles. The number of hydrogen-bond acceptors (Lipinski definition) is 4. The fraction of sp³-hybridized carbons (Fsp3) is 0.421. The van der Waals surface area contributed by atoms with Crippen molar-refractivity contribution in [2.75, 3.05) is 26.2 Å². The van der Waals surface area contributed by atoms with Gasteiger partial charge in [0.15, 0.2) is 0 Å². The molecule has 2 aromatic rings. The van der Waals surface area contributed by atoms with E-state index in [2.05, 4.69) is 16.1 Å². The molecule has 1 aromatic heterocycles. The Kier molecular flexibility index (Phi) is 5.46. The second-order valence-electron chi connectivity index (χ2n) is 6.48. The minimum absolute atomic E-state index is 0.0583. The molecule has 0 aliphatic carbocycles. The molecule has 6 nitrogen and oxygen atoms in total. The first kappa shape index (κ1) is 17.2. The summed E-state index contributed by atoms with van der Waals surface area (Å²) in [7, 11) is 1.92. The highest BCUT2D eigenvalue weighted by Crippen LogP contribution is 2.13. The van der Waals surface area contributed by atoms with Gasteiger partial charge in [-0.1, -0.05) is 12.1 Å². The van der Waals surface area contributed by atoms with Crippen molar-refractivity contribution in [3.8, 4) is 6.07 Å². The van der Waals surface area contributed by atoms with Crippen molar-refractivity contribution < 1.29 is 4.79 Å². The fourth-order valence-corrected chi connectivity index (χ4v) is 3.23. The van der Waals surface area contributed by atoms with E-state index >= 15 is 0 Å². The van der Waals surface area contributed by atoms with E-state index < -0.39 is 0 Å². The molecule has 25 heavy (non-hydrogen) atoms. The van der Waals surface area contributed by atoms with Crippen LogP contribution in [-0.4, -0.2) is 51.7 Å². The van der Waals surface area contributed by atoms with Crippen LogP contribution in [0.2, 0.25) is 0 Å². The number of rotatable bonds is 4. The number of amides is 1. The Bertz CT molecular complexity index is 776. The molecule has 0 saturated carbocycles. The molecule has 0 spiro atoms. The Balaban J connectivity index is 1.61. The quantitative estimate of drug-likeness (QED) is 0.854. The highest BCUT2D eigenvalue weighted by molar-refractivity contribution is 5.94. The van der Waals surface area contributed by atoms with Crippen LogP contribution >= 0.6 is 0 Å². The third kappa shape index (κ3) is 4.46. The van der Waals surface area contributed by atoms with E-state index in [0.29, 0.717) is 12.0 Å². The molecule has 2 heterocycles. The average Bonchev–Trinajstić information content (AvgIpc) is 2.88. The number of carbonyl (C=O) groups is 1. The van der Waals surface area contributed by atoms with Crippen molar-refractivity contribution in [2.45, 2.75) is 19.4 Å². The molecule has 0 N–H and O–H groups in total. The molecular weight excluding hydrogens is 314 g/mol. The van der Waals surface area contributed by atoms with Crippen LogP contribution in [0.3, 0.4) is 0 Å². The fourth-order valence-electron chi connectivity index (χ4n) is 3.23. The number of carbonyl (C=O) groups excluding carboxylic acids is 1. The van der Waals surface area contributed by atoms with Crippen LogP contribution in [-0.2, 0) is 20.0 Å². The summed E-state index contributed by atoms with van der Waals surface area (Å²) in [6, 6.07) is 9.54. The zero-order chi connectivity index (χ0) is 17.6. The predicted octanol–water partition coefficient (Wildman–Crippen LogP) is 1.83. The van der Waals surface area contributed by atoms with Gasteiger partial charge >= 0.3 is 0 Å². The number of nitriles is 1. The maximum atomic E-state index is 12.8. The number of aromatic nitrogens is 2. The molecule has 0 atom stereocenters. The van der Waals surface area contributed by atoms with E-state index in [4.69, 9.17) is 5.26 Å². The van der Waals surface area contributed by atoms with Gasteiger partial charge in [0.2, 0.25) is 0 Å². The van der Waals surface area contributed by atoms with Gasteiger partial charge in [-0.25, -0.2) is 0 Å². The third-order valence-electron chi connectivity index (χ3n) is 4.50. The van der Waals surface area contributed by atoms with Gasteiger partial charge in [0, 0.05) is 57.1 Å². The maximum absolute atomic E-state index is 12.8. The molecule has 6 heteroatoms. The molecule has 0 unspecified atom stereocenters. The first-order chi connectivity index (χ1) is 12.2. The highest BCUT2D eigenvalue weighted by atomic mass is 16.2. The molecule has 0 bridgehead atoms. The standard InChI is InChI=1S/C19H23N5O/c1-22-14-17(13-21-22)15-23-8-3-9-24(11-10-23)19(25)18-5-2-4-16(12-18)6-7-20/h2,4-5,12-14H,3,6,8-11,15H2,1H3. The van der Waals surface area contributed by atoms with Crippen LogP contribution in [0.1, 0.15) is 27.9 Å². The lowest BCUT2D eigenvalue weighted by atomic mass is 10.1. The molecule has 1 saturated heterocycles. The normalized spacial score (nSPS) is 15.6. The summed E-state index contributed by atoms with van der Waals surface area (Å²) in [5.41, 5.74) is 2.77. The SMILES string of the molecule is Cn1cc(CN2CCCN(C(=O)c3cccc(CC#N)c3)CC2)cn1. The van der Waals surface area contributed by atoms with E-state index in [1.54, 1.807) is 0 Å². The first-order valence-electron chi connectivity index (χ1n) is 8.61. The van der Waals surface area contributed by atoms with Gasteiger partial charge in [0.05, 0.1) is 18.7 Å². The zero-order valence-electron chi connectivity index (χ0n) is 14.6. The van der Waals surface area contributed by atoms with E-state index in [1.165, 1.54) is 5.56 Å². The number of hydrogen-bond donors (Lipinski definition) is 0. The van der Waals surface area contributed by atoms with Crippen LogP contribution < -0.4 is 0 Å². The summed E-state index contributed by atoms with van der Waals surface area (Å²) < 4.78 is 1.82. The summed E-state index contributed by atoms with van der Waals surface area (Å²) in [5, 5.41) is 13.0. The molecule has 1 amide bonds. The molecule has 130 valence electrons. The van der Waals surface area contributed by atoms with E-state index in [9.17, 15) is 4.79 Å². The first-order valence-corrected chi connectivity index (χ1v) is 8.61. The summed E-state index contributed by atoms with van der Waals surface area (Å²) in [6.45, 7) is 4.20. The Morgan fingerprint density at radius 2 is 2.12 bits per heavy atom. The minimum atomic E-state index is 0.0583. The Labute approximate surface area is 148 Å². The smallest absolute Gasteiger partial charge is 0.253 e. The van der Waals surface area contributed by atoms with Gasteiger partial charge < -0.3 is 4.90 Å². The maximum Gasteiger partial charge on any atom is 0.253 e. The zero-order valence-corrected chi connectivity index (χ0v) is 14.6. The van der Waals surface area contributed by atoms with Crippen LogP contribution in [0.4, 0.5) is 0 Å². The summed E-state index contributed by atoms with van der Waals surface area (Å²) in [5.74, 6) is 0.0583. The van der Waals surface area contributed by atoms with Gasteiger partial charge in [0.25, 0.3) is 5.91 Å². The molecule has 0 radical (unpaired) electrons. The third-order valence-corrected chi connectivity index (χ3v) is 4.50. The molecule has 1 fully saturated rings. The summed E-state index contributed by atoms with van der Waals surface area (Å²) in [4.78, 5) is 17.1. The lowest BCUT2D eigenvalue weighted by Crippen LogP contribution is -2.35. The topological polar surface area (TPSA) is 65.2 Å². The van der Waals surface area contributed by atoms with Gasteiger partial charge in [-0.2, -0.15) is 10.4 Å². The van der Waals surface area contributed by atoms with Crippen LogP contribution in [0.25, 0.3) is 0 Å². The minimum Gasteiger partial charge on any atom is -0.337 e. The van der Waals surface area contributed by atoms with Crippen molar-refractivity contribution in [1.29, 1.82) is 5.26 Å². The number of benzene rings is 1. The van der Waals surface area contributed by atoms with Crippen LogP contribution in [0.15, 0.2) is 36.7 Å². The Hall–Kier alpha value is -2.65. The second-order valence-corrected chi connectivity index (χ2v) is 6.48. The van der Waals surface area contributed by atoms with Gasteiger partial charge in [0.1, 0.15) is 0 Å². The largest absolute Gasteiger partial charge is 0.337 e. The van der Waals surface area contributed by atoms with E-state index in [-0.39, 0.29) is 5.91 Å². The molecular formula is C19H23N5O. The molecule has 1 aliphatic rings. The Morgan fingerprint density at radius 3 is 2.88 bits per heavy atom. The average molecular weight is 337 g/mol. The Morgan fingerprint density at radius 1 is 1.24 bits per heavy atom. The lowest BCUT2D eigenvalue weighted by Gasteiger charge is -2.22. The molecule has 1 aromatic carbocycles. The van der Waals surface area contributed by atoms with Gasteiger partial charge in [-0.3, -0.25) is 14.4 Å². The van der Waals surface area contributed by atoms with Crippen molar-refractivity contribution in [3.05, 3.63) is 53.3 Å². The van der Waals surface area contributed by atoms with Crippen molar-refractivity contribution in [3.63, 3.8) is 0 Å². The van der Waals surface area contributed by atoms with Crippen molar-refractivity contribution >= 4 is 5.91 Å². The van der Waals surface area contributed by atoms with Gasteiger partial charge in [-0.15, -0.1) is 0 Å². The van der Waals surface area contributed by atoms with Crippen LogP contribution in [0, 0.1) is 11.3 Å². The molecule has 3 rings (SSSR count). The second kappa shape index (κ2) is 7.95. The highest BCUT2D eigenvalue weighted by Gasteiger charge is 2.20. The lowest BCUT2D eigenvalue weighted by molar-refractivity contribution is 0.0761. The predicted molar refractivity (Wildman–Crippen MR) is 94.8 cm³/mol. The summed E-state index contributed by atoms with van der Waals surface area (Å²) in [6.07, 6.45) is 5.23. The summed E-state index contributed by atoms with van der Waals surface area (Å²) >= 11 is 0. The van der Waals surface area contributed by atoms with Crippen LogP contribution in [0.5, 0.6) is 0 Å². The van der Waals surface area contributed by atoms with E-state index in [1.807, 2.05) is 53.3 Å².